The molecule has 2 fully saturated rings. The van der Waals surface area contributed by atoms with Crippen molar-refractivity contribution < 1.29 is 22.7 Å². The summed E-state index contributed by atoms with van der Waals surface area (Å²) >= 11 is 6.12. The van der Waals surface area contributed by atoms with E-state index in [1.54, 1.807) is 29.3 Å². The number of hydrogen-bond donors (Lipinski definition) is 0. The Bertz CT molecular complexity index is 1030. The van der Waals surface area contributed by atoms with E-state index < -0.39 is 10.0 Å². The molecule has 1 aromatic heterocycles. The zero-order valence-corrected chi connectivity index (χ0v) is 18.5. The maximum atomic E-state index is 13.0. The van der Waals surface area contributed by atoms with Crippen LogP contribution < -0.4 is 4.74 Å². The van der Waals surface area contributed by atoms with Crippen LogP contribution in [0.25, 0.3) is 0 Å². The number of aromatic nitrogens is 1. The molecule has 3 heterocycles. The third-order valence-corrected chi connectivity index (χ3v) is 7.60. The highest BCUT2D eigenvalue weighted by Crippen LogP contribution is 2.26. The number of ether oxygens (including phenoxy) is 2. The van der Waals surface area contributed by atoms with E-state index in [1.165, 1.54) is 22.6 Å². The lowest BCUT2D eigenvalue weighted by molar-refractivity contribution is 0.0538. The van der Waals surface area contributed by atoms with Crippen molar-refractivity contribution in [3.05, 3.63) is 53.3 Å². The number of carbonyl (C=O) groups is 1. The van der Waals surface area contributed by atoms with Crippen LogP contribution in [-0.4, -0.2) is 74.0 Å². The molecule has 0 radical (unpaired) electrons. The van der Waals surface area contributed by atoms with E-state index in [2.05, 4.69) is 4.98 Å². The van der Waals surface area contributed by atoms with Crippen LogP contribution in [0.3, 0.4) is 0 Å². The molecule has 0 aliphatic carbocycles. The number of carbonyl (C=O) groups excluding carboxylic acids is 1. The second-order valence-corrected chi connectivity index (χ2v) is 9.83. The number of morpholine rings is 1. The first-order valence-electron chi connectivity index (χ1n) is 10.2. The highest BCUT2D eigenvalue weighted by atomic mass is 35.5. The van der Waals surface area contributed by atoms with Crippen LogP contribution in [0.2, 0.25) is 5.02 Å². The molecule has 1 unspecified atom stereocenters. The fourth-order valence-electron chi connectivity index (χ4n) is 3.74. The summed E-state index contributed by atoms with van der Waals surface area (Å²) in [4.78, 5) is 18.8. The van der Waals surface area contributed by atoms with Crippen LogP contribution >= 0.6 is 11.6 Å². The summed E-state index contributed by atoms with van der Waals surface area (Å²) in [7, 11) is -3.59. The molecular formula is C21H24ClN3O5S. The molecule has 1 atom stereocenters. The molecule has 8 nitrogen and oxygen atoms in total. The molecule has 0 saturated carbocycles. The second kappa shape index (κ2) is 9.52. The Kier molecular flexibility index (Phi) is 6.76. The fraction of sp³-hybridized carbons (Fsp3) is 0.429. The van der Waals surface area contributed by atoms with Crippen molar-refractivity contribution in [1.29, 1.82) is 0 Å². The molecule has 1 amide bonds. The molecule has 2 aliphatic heterocycles. The zero-order valence-electron chi connectivity index (χ0n) is 16.9. The summed E-state index contributed by atoms with van der Waals surface area (Å²) in [6.07, 6.45) is 4.59. The van der Waals surface area contributed by atoms with Crippen molar-refractivity contribution in [3.63, 3.8) is 0 Å². The van der Waals surface area contributed by atoms with Crippen molar-refractivity contribution in [2.45, 2.75) is 23.8 Å². The van der Waals surface area contributed by atoms with E-state index >= 15 is 0 Å². The Balaban J connectivity index is 1.42. The number of nitrogens with zero attached hydrogens (tertiary/aromatic N) is 3. The molecule has 2 saturated heterocycles. The van der Waals surface area contributed by atoms with Gasteiger partial charge >= 0.3 is 0 Å². The van der Waals surface area contributed by atoms with Crippen molar-refractivity contribution in [2.75, 3.05) is 39.4 Å². The summed E-state index contributed by atoms with van der Waals surface area (Å²) in [6, 6.07) is 7.83. The zero-order chi connectivity index (χ0) is 21.8. The number of rotatable bonds is 5. The monoisotopic (exact) mass is 465 g/mol. The lowest BCUT2D eigenvalue weighted by Crippen LogP contribution is -2.44. The van der Waals surface area contributed by atoms with Gasteiger partial charge in [0.2, 0.25) is 10.0 Å². The van der Waals surface area contributed by atoms with Gasteiger partial charge in [-0.3, -0.25) is 9.78 Å². The quantitative estimate of drug-likeness (QED) is 0.673. The Morgan fingerprint density at radius 2 is 1.87 bits per heavy atom. The Morgan fingerprint density at radius 1 is 1.13 bits per heavy atom. The molecule has 10 heteroatoms. The largest absolute Gasteiger partial charge is 0.487 e. The number of likely N-dealkylation sites (tertiary alicyclic amines) is 1. The number of piperidine rings is 1. The van der Waals surface area contributed by atoms with Crippen molar-refractivity contribution >= 4 is 27.5 Å². The van der Waals surface area contributed by atoms with E-state index in [9.17, 15) is 13.2 Å². The molecule has 31 heavy (non-hydrogen) atoms. The van der Waals surface area contributed by atoms with E-state index in [0.717, 1.165) is 12.8 Å². The van der Waals surface area contributed by atoms with Crippen molar-refractivity contribution in [1.82, 2.24) is 14.2 Å². The van der Waals surface area contributed by atoms with E-state index in [1.807, 2.05) is 0 Å². The topological polar surface area (TPSA) is 89.0 Å². The van der Waals surface area contributed by atoms with Crippen LogP contribution in [0.15, 0.2) is 47.6 Å². The van der Waals surface area contributed by atoms with Crippen molar-refractivity contribution in [3.8, 4) is 5.75 Å². The van der Waals surface area contributed by atoms with Gasteiger partial charge in [-0.05, 0) is 37.1 Å². The van der Waals surface area contributed by atoms with Gasteiger partial charge in [-0.1, -0.05) is 11.6 Å². The summed E-state index contributed by atoms with van der Waals surface area (Å²) in [5, 5.41) is 0.433. The minimum absolute atomic E-state index is 0.149. The van der Waals surface area contributed by atoms with Gasteiger partial charge in [0.25, 0.3) is 5.91 Å². The van der Waals surface area contributed by atoms with E-state index in [4.69, 9.17) is 21.1 Å². The molecule has 166 valence electrons. The highest BCUT2D eigenvalue weighted by molar-refractivity contribution is 7.89. The number of amides is 1. The predicted molar refractivity (Wildman–Crippen MR) is 115 cm³/mol. The maximum Gasteiger partial charge on any atom is 0.253 e. The molecule has 2 aromatic rings. The smallest absolute Gasteiger partial charge is 0.253 e. The van der Waals surface area contributed by atoms with Crippen LogP contribution in [0, 0.1) is 0 Å². The summed E-state index contributed by atoms with van der Waals surface area (Å²) < 4.78 is 38.1. The maximum absolute atomic E-state index is 13.0. The Morgan fingerprint density at radius 3 is 2.58 bits per heavy atom. The van der Waals surface area contributed by atoms with Crippen LogP contribution in [0.5, 0.6) is 5.75 Å². The van der Waals surface area contributed by atoms with Crippen LogP contribution in [0.4, 0.5) is 0 Å². The van der Waals surface area contributed by atoms with Gasteiger partial charge < -0.3 is 14.4 Å². The van der Waals surface area contributed by atoms with Gasteiger partial charge in [0, 0.05) is 43.7 Å². The number of pyridine rings is 1. The van der Waals surface area contributed by atoms with E-state index in [-0.39, 0.29) is 16.9 Å². The first kappa shape index (κ1) is 22.0. The standard InChI is InChI=1S/C21H24ClN3O5S/c22-19-14-23-8-7-20(19)30-17-2-1-9-24(15-17)21(26)16-3-5-18(6-4-16)31(27,28)25-10-12-29-13-11-25/h3-8,14,17H,1-2,9-13,15H2. The van der Waals surface area contributed by atoms with Gasteiger partial charge in [-0.25, -0.2) is 8.42 Å². The average Bonchev–Trinajstić information content (AvgIpc) is 2.81. The molecule has 2 aliphatic rings. The van der Waals surface area contributed by atoms with Gasteiger partial charge in [0.05, 0.1) is 24.7 Å². The predicted octanol–water partition coefficient (Wildman–Crippen LogP) is 2.44. The molecule has 0 N–H and O–H groups in total. The third kappa shape index (κ3) is 5.01. The first-order valence-corrected chi connectivity index (χ1v) is 12.0. The molecule has 4 rings (SSSR count). The van der Waals surface area contributed by atoms with Gasteiger partial charge in [-0.2, -0.15) is 4.31 Å². The first-order chi connectivity index (χ1) is 14.9. The second-order valence-electron chi connectivity index (χ2n) is 7.48. The normalized spacial score (nSPS) is 20.4. The molecular weight excluding hydrogens is 442 g/mol. The summed E-state index contributed by atoms with van der Waals surface area (Å²) in [6.45, 7) is 2.50. The Labute approximate surface area is 186 Å². The summed E-state index contributed by atoms with van der Waals surface area (Å²) in [5.41, 5.74) is 0.448. The third-order valence-electron chi connectivity index (χ3n) is 5.40. The summed E-state index contributed by atoms with van der Waals surface area (Å²) in [5.74, 6) is 0.401. The van der Waals surface area contributed by atoms with Gasteiger partial charge in [0.15, 0.2) is 0 Å². The van der Waals surface area contributed by atoms with Crippen LogP contribution in [-0.2, 0) is 14.8 Å². The van der Waals surface area contributed by atoms with Gasteiger partial charge in [0.1, 0.15) is 16.9 Å². The number of sulfonamides is 1. The minimum Gasteiger partial charge on any atom is -0.487 e. The Hall–Kier alpha value is -2.20. The number of halogens is 1. The molecule has 0 bridgehead atoms. The lowest BCUT2D eigenvalue weighted by Gasteiger charge is -2.33. The SMILES string of the molecule is O=C(c1ccc(S(=O)(=O)N2CCOCC2)cc1)N1CCCC(Oc2ccncc2Cl)C1. The lowest BCUT2D eigenvalue weighted by atomic mass is 10.1. The van der Waals surface area contributed by atoms with Crippen LogP contribution in [0.1, 0.15) is 23.2 Å². The molecule has 0 spiro atoms. The fourth-order valence-corrected chi connectivity index (χ4v) is 5.32. The van der Waals surface area contributed by atoms with Gasteiger partial charge in [-0.15, -0.1) is 0 Å². The highest BCUT2D eigenvalue weighted by Gasteiger charge is 2.28. The van der Waals surface area contributed by atoms with E-state index in [0.29, 0.717) is 55.7 Å². The number of hydrogen-bond acceptors (Lipinski definition) is 6. The molecule has 1 aromatic carbocycles. The average molecular weight is 466 g/mol. The van der Waals surface area contributed by atoms with Crippen molar-refractivity contribution in [2.24, 2.45) is 0 Å². The number of benzene rings is 1. The minimum atomic E-state index is -3.59.